The Morgan fingerprint density at radius 1 is 0.952 bits per heavy atom. The Morgan fingerprint density at radius 3 is 1.86 bits per heavy atom. The van der Waals surface area contributed by atoms with Gasteiger partial charge in [0, 0.05) is 0 Å². The number of H-pyrrole nitrogens is 1. The van der Waals surface area contributed by atoms with Gasteiger partial charge in [0.1, 0.15) is 5.69 Å². The van der Waals surface area contributed by atoms with Gasteiger partial charge in [-0.15, -0.1) is 12.4 Å². The largest absolute Gasteiger partial charge is 0.492 e. The highest BCUT2D eigenvalue weighted by Gasteiger charge is 2.04. The Balaban J connectivity index is 0.000000364. The van der Waals surface area contributed by atoms with Gasteiger partial charge in [0.25, 0.3) is 5.56 Å². The molecule has 116 valence electrons. The average molecular weight is 358 g/mol. The quantitative estimate of drug-likeness (QED) is 0.352. The van der Waals surface area contributed by atoms with Gasteiger partial charge in [-0.25, -0.2) is 0 Å². The second kappa shape index (κ2) is 7.57. The number of aromatic amines is 1. The fourth-order valence-corrected chi connectivity index (χ4v) is 1.32. The average Bonchev–Trinajstić information content (AvgIpc) is 2.33. The molecule has 0 aliphatic carbocycles. The third-order valence-corrected chi connectivity index (χ3v) is 2.40. The highest BCUT2D eigenvalue weighted by Crippen LogP contribution is 2.23. The second-order valence-corrected chi connectivity index (χ2v) is 3.98. The van der Waals surface area contributed by atoms with E-state index < -0.39 is 11.4 Å². The first kappa shape index (κ1) is 18.8. The summed E-state index contributed by atoms with van der Waals surface area (Å²) in [4.78, 5) is 23.1. The smallest absolute Gasteiger partial charge is 0.279 e. The van der Waals surface area contributed by atoms with Crippen LogP contribution < -0.4 is 28.5 Å². The lowest BCUT2D eigenvalue weighted by atomic mass is 10.5. The molecule has 0 aromatic carbocycles. The molecule has 10 N–H and O–H groups in total. The number of hydrogen-bond acceptors (Lipinski definition) is 9. The lowest BCUT2D eigenvalue weighted by molar-refractivity contribution is 0.455. The Morgan fingerprint density at radius 2 is 1.43 bits per heavy atom. The van der Waals surface area contributed by atoms with E-state index in [0.29, 0.717) is 0 Å². The molecule has 0 spiro atoms. The van der Waals surface area contributed by atoms with Crippen LogP contribution in [0.1, 0.15) is 0 Å². The zero-order valence-corrected chi connectivity index (χ0v) is 12.5. The van der Waals surface area contributed by atoms with Gasteiger partial charge < -0.3 is 28.0 Å². The van der Waals surface area contributed by atoms with Crippen molar-refractivity contribution in [3.8, 4) is 5.88 Å². The van der Waals surface area contributed by atoms with Gasteiger partial charge in [-0.05, 0) is 0 Å². The maximum Gasteiger partial charge on any atom is 0.279 e. The van der Waals surface area contributed by atoms with E-state index >= 15 is 0 Å². The molecule has 0 saturated carbocycles. The van der Waals surface area contributed by atoms with Crippen LogP contribution in [-0.2, 0) is 0 Å². The van der Waals surface area contributed by atoms with Crippen LogP contribution in [0, 0.1) is 0 Å². The van der Waals surface area contributed by atoms with E-state index in [-0.39, 0.29) is 46.0 Å². The lowest BCUT2D eigenvalue weighted by Gasteiger charge is -1.98. The molecule has 0 radical (unpaired) electrons. The lowest BCUT2D eigenvalue weighted by Crippen LogP contribution is -2.14. The molecule has 0 atom stereocenters. The van der Waals surface area contributed by atoms with Gasteiger partial charge in [0.15, 0.2) is 16.0 Å². The van der Waals surface area contributed by atoms with Crippen molar-refractivity contribution in [2.24, 2.45) is 0 Å². The number of halogens is 3. The van der Waals surface area contributed by atoms with Gasteiger partial charge in [-0.1, -0.05) is 23.2 Å². The zero-order valence-electron chi connectivity index (χ0n) is 10.2. The summed E-state index contributed by atoms with van der Waals surface area (Å²) in [5.74, 6) is -0.679. The summed E-state index contributed by atoms with van der Waals surface area (Å²) in [5.41, 5.74) is 19.8. The van der Waals surface area contributed by atoms with Crippen molar-refractivity contribution in [3.63, 3.8) is 0 Å². The van der Waals surface area contributed by atoms with Crippen LogP contribution in [0.25, 0.3) is 0 Å². The number of nitrogens with zero attached hydrogens (tertiary/aromatic N) is 3. The molecule has 0 saturated heterocycles. The van der Waals surface area contributed by atoms with Crippen molar-refractivity contribution >= 4 is 58.9 Å². The molecular formula is C8H11Cl3N8O2. The maximum absolute atomic E-state index is 10.6. The van der Waals surface area contributed by atoms with Crippen LogP contribution in [0.4, 0.5) is 23.3 Å². The monoisotopic (exact) mass is 356 g/mol. The highest BCUT2D eigenvalue weighted by atomic mass is 35.5. The molecular weight excluding hydrogens is 347 g/mol. The predicted molar refractivity (Wildman–Crippen MR) is 83.5 cm³/mol. The summed E-state index contributed by atoms with van der Waals surface area (Å²) >= 11 is 11.0. The minimum absolute atomic E-state index is 0. The van der Waals surface area contributed by atoms with Gasteiger partial charge in [-0.3, -0.25) is 9.78 Å². The summed E-state index contributed by atoms with van der Waals surface area (Å²) in [5, 5.41) is 8.91. The van der Waals surface area contributed by atoms with E-state index in [1.165, 1.54) is 0 Å². The molecule has 0 aliphatic heterocycles. The number of nitrogens with two attached hydrogens (primary N) is 4. The third-order valence-electron chi connectivity index (χ3n) is 1.82. The predicted octanol–water partition coefficient (Wildman–Crippen LogP) is 0.00950. The first-order chi connectivity index (χ1) is 9.22. The van der Waals surface area contributed by atoms with E-state index in [9.17, 15) is 4.79 Å². The zero-order chi connectivity index (χ0) is 15.4. The van der Waals surface area contributed by atoms with Crippen molar-refractivity contribution in [1.82, 2.24) is 19.9 Å². The van der Waals surface area contributed by atoms with Crippen molar-refractivity contribution in [2.75, 3.05) is 22.9 Å². The number of aromatic hydroxyl groups is 1. The van der Waals surface area contributed by atoms with E-state index in [0.717, 1.165) is 0 Å². The molecule has 2 rings (SSSR count). The van der Waals surface area contributed by atoms with Crippen LogP contribution >= 0.6 is 35.6 Å². The minimum Gasteiger partial charge on any atom is -0.492 e. The van der Waals surface area contributed by atoms with Crippen molar-refractivity contribution in [1.29, 1.82) is 0 Å². The van der Waals surface area contributed by atoms with E-state index in [1.807, 2.05) is 0 Å². The van der Waals surface area contributed by atoms with Crippen molar-refractivity contribution < 1.29 is 5.11 Å². The maximum atomic E-state index is 10.6. The Kier molecular flexibility index (Phi) is 6.79. The number of nitrogen functional groups attached to an aromatic ring is 4. The molecule has 2 aromatic heterocycles. The molecule has 0 fully saturated rings. The van der Waals surface area contributed by atoms with E-state index in [2.05, 4.69) is 19.9 Å². The Bertz CT molecular complexity index is 669. The first-order valence-corrected chi connectivity index (χ1v) is 5.56. The Hall–Kier alpha value is -2.17. The summed E-state index contributed by atoms with van der Waals surface area (Å²) in [6.45, 7) is 0. The number of hydrogen-bond donors (Lipinski definition) is 6. The molecule has 0 unspecified atom stereocenters. The van der Waals surface area contributed by atoms with Crippen LogP contribution in [0.15, 0.2) is 4.79 Å². The van der Waals surface area contributed by atoms with Crippen molar-refractivity contribution in [2.45, 2.75) is 0 Å². The summed E-state index contributed by atoms with van der Waals surface area (Å²) in [6, 6.07) is 0. The van der Waals surface area contributed by atoms with Gasteiger partial charge >= 0.3 is 0 Å². The number of nitrogens with one attached hydrogen (secondary N) is 1. The van der Waals surface area contributed by atoms with Crippen molar-refractivity contribution in [3.05, 3.63) is 20.7 Å². The number of aromatic nitrogens is 4. The molecule has 13 heteroatoms. The normalized spacial score (nSPS) is 9.24. The highest BCUT2D eigenvalue weighted by molar-refractivity contribution is 6.37. The molecule has 10 nitrogen and oxygen atoms in total. The summed E-state index contributed by atoms with van der Waals surface area (Å²) in [6.07, 6.45) is 0. The van der Waals surface area contributed by atoms with Crippen LogP contribution in [0.5, 0.6) is 5.88 Å². The van der Waals surface area contributed by atoms with Crippen LogP contribution in [-0.4, -0.2) is 25.0 Å². The molecule has 21 heavy (non-hydrogen) atoms. The SMILES string of the molecule is Cl.Nc1nc(Cl)c(N)c(Cl)n1.Nc1nc(O)c(N)c(=O)[nH]1. The second-order valence-electron chi connectivity index (χ2n) is 3.27. The van der Waals surface area contributed by atoms with Gasteiger partial charge in [-0.2, -0.15) is 15.0 Å². The summed E-state index contributed by atoms with van der Waals surface area (Å²) < 4.78 is 0. The fraction of sp³-hybridized carbons (Fsp3) is 0. The van der Waals surface area contributed by atoms with Gasteiger partial charge in [0.2, 0.25) is 17.8 Å². The molecule has 0 aliphatic rings. The number of anilines is 4. The van der Waals surface area contributed by atoms with Crippen LogP contribution in [0.3, 0.4) is 0 Å². The first-order valence-electron chi connectivity index (χ1n) is 4.80. The Labute approximate surface area is 133 Å². The van der Waals surface area contributed by atoms with Crippen LogP contribution in [0.2, 0.25) is 10.3 Å². The number of rotatable bonds is 0. The van der Waals surface area contributed by atoms with E-state index in [4.69, 9.17) is 51.2 Å². The molecule has 0 bridgehead atoms. The summed E-state index contributed by atoms with van der Waals surface area (Å²) in [7, 11) is 0. The molecule has 2 aromatic rings. The minimum atomic E-state index is -0.634. The molecule has 2 heterocycles. The van der Waals surface area contributed by atoms with Gasteiger partial charge in [0.05, 0.1) is 0 Å². The standard InChI is InChI=1S/C4H4Cl2N4.C4H6N4O2.ClH/c5-2-1(7)3(6)10-4(8)9-2;5-1-2(9)7-4(6)8-3(1)10;/h7H2,(H2,8,9,10);5H2,(H4,6,7,8,9,10);1H. The topological polar surface area (TPSA) is 196 Å². The molecule has 0 amide bonds. The van der Waals surface area contributed by atoms with E-state index in [1.54, 1.807) is 0 Å². The fourth-order valence-electron chi connectivity index (χ4n) is 0.919. The third kappa shape index (κ3) is 5.02.